The number of carbonyl (C=O) groups is 2. The summed E-state index contributed by atoms with van der Waals surface area (Å²) < 4.78 is 5.58. The van der Waals surface area contributed by atoms with Crippen LogP contribution in [0.1, 0.15) is 54.6 Å². The Bertz CT molecular complexity index is 1450. The number of amidine groups is 1. The van der Waals surface area contributed by atoms with Crippen LogP contribution in [-0.2, 0) is 14.3 Å². The van der Waals surface area contributed by atoms with E-state index in [4.69, 9.17) is 9.73 Å². The van der Waals surface area contributed by atoms with Crippen LogP contribution in [0.4, 0.5) is 0 Å². The number of aryl methyl sites for hydroxylation is 1. The molecule has 5 rings (SSSR count). The van der Waals surface area contributed by atoms with Crippen molar-refractivity contribution >= 4 is 34.5 Å². The normalized spacial score (nSPS) is 17.2. The van der Waals surface area contributed by atoms with E-state index in [1.54, 1.807) is 6.92 Å². The maximum absolute atomic E-state index is 13.6. The number of fused-ring (bicyclic) bond motifs is 1. The van der Waals surface area contributed by atoms with E-state index in [0.29, 0.717) is 11.3 Å². The summed E-state index contributed by atoms with van der Waals surface area (Å²) in [4.78, 5) is 33.8. The maximum atomic E-state index is 13.6. The van der Waals surface area contributed by atoms with Gasteiger partial charge in [0.15, 0.2) is 5.17 Å². The van der Waals surface area contributed by atoms with Gasteiger partial charge in [0, 0.05) is 11.3 Å². The second-order valence-corrected chi connectivity index (χ2v) is 10.4. The molecule has 0 unspecified atom stereocenters. The van der Waals surface area contributed by atoms with E-state index >= 15 is 0 Å². The van der Waals surface area contributed by atoms with E-state index in [1.165, 1.54) is 11.8 Å². The van der Waals surface area contributed by atoms with Crippen molar-refractivity contribution in [2.24, 2.45) is 4.99 Å². The number of carbonyl (C=O) groups excluding carboxylic acids is 2. The summed E-state index contributed by atoms with van der Waals surface area (Å²) in [7, 11) is 0. The lowest BCUT2D eigenvalue weighted by Gasteiger charge is -2.37. The highest BCUT2D eigenvalue weighted by Gasteiger charge is 2.42. The van der Waals surface area contributed by atoms with Gasteiger partial charge in [0.25, 0.3) is 0 Å². The predicted octanol–water partition coefficient (Wildman–Crippen LogP) is 6.54. The number of thioether (sulfide) groups is 1. The minimum Gasteiger partial charge on any atom is -0.463 e. The van der Waals surface area contributed by atoms with Gasteiger partial charge in [0.2, 0.25) is 5.91 Å². The third-order valence-electron chi connectivity index (χ3n) is 6.76. The van der Waals surface area contributed by atoms with Gasteiger partial charge in [0.05, 0.1) is 36.4 Å². The molecule has 0 aliphatic carbocycles. The van der Waals surface area contributed by atoms with E-state index in [1.807, 2.05) is 109 Å². The number of hydrogen-bond donors (Lipinski definition) is 1. The molecule has 39 heavy (non-hydrogen) atoms. The van der Waals surface area contributed by atoms with Gasteiger partial charge < -0.3 is 15.0 Å². The first-order chi connectivity index (χ1) is 19.0. The second kappa shape index (κ2) is 11.7. The topological polar surface area (TPSA) is 71.0 Å². The molecule has 2 heterocycles. The fourth-order valence-corrected chi connectivity index (χ4v) is 5.75. The van der Waals surface area contributed by atoms with Crippen LogP contribution >= 0.6 is 11.8 Å². The molecular formula is C32H31N3O3S. The van der Waals surface area contributed by atoms with Crippen molar-refractivity contribution in [1.82, 2.24) is 10.2 Å². The molecule has 1 amide bonds. The van der Waals surface area contributed by atoms with Crippen LogP contribution in [0, 0.1) is 6.92 Å². The van der Waals surface area contributed by atoms with E-state index in [2.05, 4.69) is 5.32 Å². The van der Waals surface area contributed by atoms with Crippen molar-refractivity contribution in [3.8, 4) is 0 Å². The quantitative estimate of drug-likeness (QED) is 0.331. The molecule has 7 heteroatoms. The van der Waals surface area contributed by atoms with E-state index < -0.39 is 12.0 Å². The standard InChI is InChI=1S/C32H31N3O3S/c1-4-38-31(37)28-29(24-13-9-6-10-14-24)34-32-35(30(28)25-17-15-21(2)16-18-25)26(20-39-32)19-27(36)33-22(3)23-11-7-5-8-12-23/h5-18,20,22,30H,4,19H2,1-3H3,(H,33,36)/t22-,30-/m0/s1. The highest BCUT2D eigenvalue weighted by molar-refractivity contribution is 8.16. The summed E-state index contributed by atoms with van der Waals surface area (Å²) in [6.45, 7) is 6.05. The predicted molar refractivity (Wildman–Crippen MR) is 156 cm³/mol. The molecule has 2 aliphatic rings. The Balaban J connectivity index is 1.53. The van der Waals surface area contributed by atoms with Crippen molar-refractivity contribution in [1.29, 1.82) is 0 Å². The molecule has 3 aromatic carbocycles. The van der Waals surface area contributed by atoms with Gasteiger partial charge >= 0.3 is 5.97 Å². The van der Waals surface area contributed by atoms with E-state index in [9.17, 15) is 9.59 Å². The van der Waals surface area contributed by atoms with Crippen LogP contribution in [0.15, 0.2) is 107 Å². The van der Waals surface area contributed by atoms with Gasteiger partial charge in [0.1, 0.15) is 0 Å². The fraction of sp³-hybridized carbons (Fsp3) is 0.219. The number of ether oxygens (including phenoxy) is 1. The molecule has 3 aromatic rings. The molecule has 198 valence electrons. The lowest BCUT2D eigenvalue weighted by atomic mass is 9.91. The number of nitrogens with one attached hydrogen (secondary N) is 1. The van der Waals surface area contributed by atoms with Gasteiger partial charge in [-0.25, -0.2) is 9.79 Å². The SMILES string of the molecule is CCOC(=O)C1=C(c2ccccc2)N=C2SC=C(CC(=O)N[C@@H](C)c3ccccc3)N2[C@H]1c1ccc(C)cc1. The molecule has 0 spiro atoms. The number of esters is 1. The van der Waals surface area contributed by atoms with Crippen molar-refractivity contribution in [3.63, 3.8) is 0 Å². The zero-order valence-corrected chi connectivity index (χ0v) is 23.1. The molecule has 6 nitrogen and oxygen atoms in total. The van der Waals surface area contributed by atoms with Crippen molar-refractivity contribution in [2.45, 2.75) is 39.3 Å². The van der Waals surface area contributed by atoms with Crippen LogP contribution in [0.5, 0.6) is 0 Å². The molecule has 2 atom stereocenters. The first-order valence-electron chi connectivity index (χ1n) is 13.1. The average Bonchev–Trinajstić information content (AvgIpc) is 3.35. The first-order valence-corrected chi connectivity index (χ1v) is 14.0. The van der Waals surface area contributed by atoms with Crippen LogP contribution in [-0.4, -0.2) is 28.6 Å². The summed E-state index contributed by atoms with van der Waals surface area (Å²) in [5.41, 5.74) is 5.77. The smallest absolute Gasteiger partial charge is 0.338 e. The summed E-state index contributed by atoms with van der Waals surface area (Å²) in [5, 5.41) is 5.80. The average molecular weight is 538 g/mol. The van der Waals surface area contributed by atoms with E-state index in [-0.39, 0.29) is 25.0 Å². The number of amides is 1. The van der Waals surface area contributed by atoms with Gasteiger partial charge in [-0.3, -0.25) is 4.79 Å². The van der Waals surface area contributed by atoms with Gasteiger partial charge in [-0.15, -0.1) is 0 Å². The molecule has 0 radical (unpaired) electrons. The molecule has 0 bridgehead atoms. The number of rotatable bonds is 8. The van der Waals surface area contributed by atoms with Crippen LogP contribution in [0.3, 0.4) is 0 Å². The minimum atomic E-state index is -0.493. The molecular weight excluding hydrogens is 506 g/mol. The number of nitrogens with zero attached hydrogens (tertiary/aromatic N) is 2. The Morgan fingerprint density at radius 2 is 1.67 bits per heavy atom. The highest BCUT2D eigenvalue weighted by atomic mass is 32.2. The zero-order valence-electron chi connectivity index (χ0n) is 22.3. The fourth-order valence-electron chi connectivity index (χ4n) is 4.83. The summed E-state index contributed by atoms with van der Waals surface area (Å²) in [6.07, 6.45) is 0.155. The van der Waals surface area contributed by atoms with Crippen LogP contribution in [0.25, 0.3) is 5.70 Å². The highest BCUT2D eigenvalue weighted by Crippen LogP contribution is 2.47. The van der Waals surface area contributed by atoms with E-state index in [0.717, 1.165) is 33.1 Å². The summed E-state index contributed by atoms with van der Waals surface area (Å²) >= 11 is 1.47. The van der Waals surface area contributed by atoms with Crippen molar-refractivity contribution in [2.75, 3.05) is 6.61 Å². The molecule has 0 fully saturated rings. The third kappa shape index (κ3) is 5.68. The minimum absolute atomic E-state index is 0.0994. The molecule has 0 saturated heterocycles. The van der Waals surface area contributed by atoms with Crippen LogP contribution < -0.4 is 5.32 Å². The zero-order chi connectivity index (χ0) is 27.4. The van der Waals surface area contributed by atoms with Crippen molar-refractivity contribution < 1.29 is 14.3 Å². The molecule has 2 aliphatic heterocycles. The third-order valence-corrected chi connectivity index (χ3v) is 7.65. The number of benzene rings is 3. The van der Waals surface area contributed by atoms with Gasteiger partial charge in [-0.1, -0.05) is 102 Å². The Morgan fingerprint density at radius 3 is 2.33 bits per heavy atom. The monoisotopic (exact) mass is 537 g/mol. The van der Waals surface area contributed by atoms with Crippen molar-refractivity contribution in [3.05, 3.63) is 124 Å². The Hall–Kier alpha value is -4.10. The Kier molecular flexibility index (Phi) is 7.98. The van der Waals surface area contributed by atoms with Crippen LogP contribution in [0.2, 0.25) is 0 Å². The summed E-state index contributed by atoms with van der Waals surface area (Å²) in [6, 6.07) is 27.1. The number of hydrogen-bond acceptors (Lipinski definition) is 6. The lowest BCUT2D eigenvalue weighted by molar-refractivity contribution is -0.139. The Labute approximate surface area is 233 Å². The largest absolute Gasteiger partial charge is 0.463 e. The molecule has 0 saturated carbocycles. The second-order valence-electron chi connectivity index (χ2n) is 9.53. The first kappa shape index (κ1) is 26.5. The molecule has 0 aromatic heterocycles. The number of aliphatic imine (C=N–C) groups is 1. The van der Waals surface area contributed by atoms with Gasteiger partial charge in [-0.05, 0) is 37.3 Å². The molecule has 1 N–H and O–H groups in total. The maximum Gasteiger partial charge on any atom is 0.338 e. The lowest BCUT2D eigenvalue weighted by Crippen LogP contribution is -2.38. The summed E-state index contributed by atoms with van der Waals surface area (Å²) in [5.74, 6) is -0.513. The van der Waals surface area contributed by atoms with Gasteiger partial charge in [-0.2, -0.15) is 0 Å². The Morgan fingerprint density at radius 1 is 1.00 bits per heavy atom.